The molecule has 2 rings (SSSR count). The van der Waals surface area contributed by atoms with Crippen LogP contribution in [0.15, 0.2) is 54.6 Å². The van der Waals surface area contributed by atoms with Gasteiger partial charge in [-0.25, -0.2) is 4.79 Å². The van der Waals surface area contributed by atoms with E-state index in [4.69, 9.17) is 26.2 Å². The summed E-state index contributed by atoms with van der Waals surface area (Å²) in [4.78, 5) is 35.5. The second-order valence-electron chi connectivity index (χ2n) is 5.59. The number of anilines is 1. The highest BCUT2D eigenvalue weighted by molar-refractivity contribution is 6.30. The van der Waals surface area contributed by atoms with Gasteiger partial charge in [0.05, 0.1) is 7.11 Å². The summed E-state index contributed by atoms with van der Waals surface area (Å²) in [7, 11) is 1.21. The lowest BCUT2D eigenvalue weighted by atomic mass is 10.1. The van der Waals surface area contributed by atoms with E-state index >= 15 is 0 Å². The predicted octanol–water partition coefficient (Wildman–Crippen LogP) is 4.13. The third kappa shape index (κ3) is 5.34. The number of allylic oxidation sites excluding steroid dienone is 1. The second kappa shape index (κ2) is 9.57. The lowest BCUT2D eigenvalue weighted by Gasteiger charge is -2.13. The zero-order chi connectivity index (χ0) is 20.7. The molecule has 1 atom stereocenters. The van der Waals surface area contributed by atoms with E-state index < -0.39 is 23.8 Å². The van der Waals surface area contributed by atoms with E-state index in [9.17, 15) is 14.4 Å². The minimum atomic E-state index is -1.35. The van der Waals surface area contributed by atoms with E-state index in [2.05, 4.69) is 5.32 Å². The summed E-state index contributed by atoms with van der Waals surface area (Å²) in [6.07, 6.45) is 2.73. The van der Waals surface area contributed by atoms with Crippen LogP contribution in [0.1, 0.15) is 17.3 Å². The fourth-order valence-corrected chi connectivity index (χ4v) is 2.42. The Hall–Kier alpha value is -3.32. The first-order valence-corrected chi connectivity index (χ1v) is 8.55. The number of halogens is 1. The van der Waals surface area contributed by atoms with Crippen LogP contribution in [-0.2, 0) is 14.3 Å². The highest BCUT2D eigenvalue weighted by Gasteiger charge is 2.24. The third-order valence-corrected chi connectivity index (χ3v) is 3.88. The minimum absolute atomic E-state index is 0.0631. The number of carbonyl (C=O) groups excluding carboxylic acids is 2. The smallest absolute Gasteiger partial charge is 0.341 e. The van der Waals surface area contributed by atoms with E-state index in [1.165, 1.54) is 37.5 Å². The third-order valence-electron chi connectivity index (χ3n) is 3.63. The zero-order valence-corrected chi connectivity index (χ0v) is 15.9. The van der Waals surface area contributed by atoms with Gasteiger partial charge in [0, 0.05) is 10.7 Å². The standard InChI is InChI=1S/C20H18ClNO6/c1-3-4-15(19(24)25)18(23)22-13-7-10-17(16(11-13)20(26)27-2)28-14-8-5-12(21)6-9-14/h3-11,15H,1-2H3,(H,22,23)(H,24,25). The molecule has 0 aliphatic carbocycles. The molecule has 2 N–H and O–H groups in total. The quantitative estimate of drug-likeness (QED) is 0.409. The molecule has 1 unspecified atom stereocenters. The van der Waals surface area contributed by atoms with Crippen molar-refractivity contribution in [1.29, 1.82) is 0 Å². The molecule has 0 fully saturated rings. The van der Waals surface area contributed by atoms with Crippen molar-refractivity contribution in [3.63, 3.8) is 0 Å². The Morgan fingerprint density at radius 1 is 1.14 bits per heavy atom. The summed E-state index contributed by atoms with van der Waals surface area (Å²) < 4.78 is 10.5. The fourth-order valence-electron chi connectivity index (χ4n) is 2.29. The molecule has 8 heteroatoms. The molecule has 0 saturated heterocycles. The van der Waals surface area contributed by atoms with Crippen LogP contribution in [0.3, 0.4) is 0 Å². The van der Waals surface area contributed by atoms with Crippen LogP contribution >= 0.6 is 11.6 Å². The Kier molecular flexibility index (Phi) is 7.17. The fraction of sp³-hybridized carbons (Fsp3) is 0.150. The number of hydrogen-bond donors (Lipinski definition) is 2. The molecule has 7 nitrogen and oxygen atoms in total. The van der Waals surface area contributed by atoms with Gasteiger partial charge in [-0.05, 0) is 49.4 Å². The average Bonchev–Trinajstić information content (AvgIpc) is 2.67. The maximum absolute atomic E-state index is 12.2. The number of amides is 1. The Morgan fingerprint density at radius 2 is 1.82 bits per heavy atom. The Labute approximate surface area is 166 Å². The van der Waals surface area contributed by atoms with Gasteiger partial charge in [-0.1, -0.05) is 23.8 Å². The van der Waals surface area contributed by atoms with Gasteiger partial charge < -0.3 is 19.9 Å². The van der Waals surface area contributed by atoms with Crippen molar-refractivity contribution >= 4 is 35.1 Å². The lowest BCUT2D eigenvalue weighted by Crippen LogP contribution is -2.28. The van der Waals surface area contributed by atoms with Crippen molar-refractivity contribution in [3.05, 3.63) is 65.2 Å². The molecular formula is C20H18ClNO6. The van der Waals surface area contributed by atoms with Gasteiger partial charge in [0.15, 0.2) is 5.92 Å². The normalized spacial score (nSPS) is 11.7. The first-order valence-electron chi connectivity index (χ1n) is 8.18. The number of ether oxygens (including phenoxy) is 2. The maximum atomic E-state index is 12.2. The molecule has 0 saturated carbocycles. The molecule has 0 aliphatic rings. The van der Waals surface area contributed by atoms with Gasteiger partial charge in [-0.3, -0.25) is 9.59 Å². The molecule has 0 aromatic heterocycles. The van der Waals surface area contributed by atoms with Crippen LogP contribution in [0.2, 0.25) is 5.02 Å². The molecule has 0 heterocycles. The van der Waals surface area contributed by atoms with Crippen LogP contribution in [0.25, 0.3) is 0 Å². The summed E-state index contributed by atoms with van der Waals surface area (Å²) >= 11 is 5.84. The van der Waals surface area contributed by atoms with E-state index in [-0.39, 0.29) is 17.0 Å². The first-order chi connectivity index (χ1) is 13.3. The van der Waals surface area contributed by atoms with Gasteiger partial charge in [-0.2, -0.15) is 0 Å². The molecule has 0 radical (unpaired) electrons. The summed E-state index contributed by atoms with van der Waals surface area (Å²) in [5.74, 6) is -3.40. The lowest BCUT2D eigenvalue weighted by molar-refractivity contribution is -0.143. The molecule has 146 valence electrons. The van der Waals surface area contributed by atoms with Crippen molar-refractivity contribution < 1.29 is 29.0 Å². The van der Waals surface area contributed by atoms with Gasteiger partial charge in [-0.15, -0.1) is 0 Å². The molecule has 0 spiro atoms. The summed E-state index contributed by atoms with van der Waals surface area (Å²) in [5, 5.41) is 12.2. The number of benzene rings is 2. The number of nitrogens with one attached hydrogen (secondary N) is 1. The summed E-state index contributed by atoms with van der Waals surface area (Å²) in [6.45, 7) is 1.61. The molecule has 2 aromatic rings. The predicted molar refractivity (Wildman–Crippen MR) is 104 cm³/mol. The zero-order valence-electron chi connectivity index (χ0n) is 15.1. The van der Waals surface area contributed by atoms with Gasteiger partial charge in [0.25, 0.3) is 0 Å². The topological polar surface area (TPSA) is 102 Å². The van der Waals surface area contributed by atoms with Crippen molar-refractivity contribution in [1.82, 2.24) is 0 Å². The molecular weight excluding hydrogens is 386 g/mol. The number of rotatable bonds is 7. The number of hydrogen-bond acceptors (Lipinski definition) is 5. The average molecular weight is 404 g/mol. The summed E-state index contributed by atoms with van der Waals surface area (Å²) in [5.41, 5.74) is 0.290. The van der Waals surface area contributed by atoms with Gasteiger partial charge >= 0.3 is 11.9 Å². The Morgan fingerprint density at radius 3 is 2.39 bits per heavy atom. The molecule has 28 heavy (non-hydrogen) atoms. The monoisotopic (exact) mass is 403 g/mol. The molecule has 0 aliphatic heterocycles. The van der Waals surface area contributed by atoms with Crippen molar-refractivity contribution in [3.8, 4) is 11.5 Å². The van der Waals surface area contributed by atoms with E-state index in [1.54, 1.807) is 31.2 Å². The number of methoxy groups -OCH3 is 1. The summed E-state index contributed by atoms with van der Waals surface area (Å²) in [6, 6.07) is 10.9. The van der Waals surface area contributed by atoms with Crippen molar-refractivity contribution in [2.45, 2.75) is 6.92 Å². The van der Waals surface area contributed by atoms with Crippen LogP contribution < -0.4 is 10.1 Å². The number of carboxylic acid groups (broad SMARTS) is 1. The highest BCUT2D eigenvalue weighted by atomic mass is 35.5. The van der Waals surface area contributed by atoms with Gasteiger partial charge in [0.2, 0.25) is 5.91 Å². The minimum Gasteiger partial charge on any atom is -0.480 e. The van der Waals surface area contributed by atoms with Gasteiger partial charge in [0.1, 0.15) is 17.1 Å². The first kappa shape index (κ1) is 21.0. The largest absolute Gasteiger partial charge is 0.480 e. The van der Waals surface area contributed by atoms with E-state index in [1.807, 2.05) is 0 Å². The van der Waals surface area contributed by atoms with Crippen molar-refractivity contribution in [2.24, 2.45) is 5.92 Å². The SMILES string of the molecule is CC=CC(C(=O)O)C(=O)Nc1ccc(Oc2ccc(Cl)cc2)c(C(=O)OC)c1. The molecule has 1 amide bonds. The van der Waals surface area contributed by atoms with E-state index in [0.717, 1.165) is 0 Å². The van der Waals surface area contributed by atoms with E-state index in [0.29, 0.717) is 10.8 Å². The number of aliphatic carboxylic acids is 1. The van der Waals surface area contributed by atoms with Crippen LogP contribution in [0, 0.1) is 5.92 Å². The van der Waals surface area contributed by atoms with Crippen molar-refractivity contribution in [2.75, 3.05) is 12.4 Å². The Bertz CT molecular complexity index is 907. The number of carbonyl (C=O) groups is 3. The second-order valence-corrected chi connectivity index (χ2v) is 6.03. The van der Waals surface area contributed by atoms with Crippen LogP contribution in [-0.4, -0.2) is 30.1 Å². The maximum Gasteiger partial charge on any atom is 0.341 e. The molecule has 0 bridgehead atoms. The Balaban J connectivity index is 2.30. The molecule has 2 aromatic carbocycles. The van der Waals surface area contributed by atoms with Crippen LogP contribution in [0.4, 0.5) is 5.69 Å². The number of carboxylic acids is 1. The number of esters is 1. The van der Waals surface area contributed by atoms with Crippen LogP contribution in [0.5, 0.6) is 11.5 Å². The highest BCUT2D eigenvalue weighted by Crippen LogP contribution is 2.29.